The van der Waals surface area contributed by atoms with Crippen molar-refractivity contribution < 1.29 is 22.7 Å². The highest BCUT2D eigenvalue weighted by atomic mass is 32.2. The molecule has 1 aliphatic heterocycles. The van der Waals surface area contributed by atoms with E-state index < -0.39 is 10.0 Å². The van der Waals surface area contributed by atoms with Gasteiger partial charge in [-0.25, -0.2) is 12.8 Å². The average molecular weight is 417 g/mol. The van der Waals surface area contributed by atoms with Gasteiger partial charge in [-0.15, -0.1) is 0 Å². The number of halogens is 1. The van der Waals surface area contributed by atoms with Crippen molar-refractivity contribution in [3.05, 3.63) is 54.5 Å². The molecule has 0 aliphatic carbocycles. The molecule has 9 heteroatoms. The van der Waals surface area contributed by atoms with Crippen LogP contribution in [0, 0.1) is 5.82 Å². The Bertz CT molecular complexity index is 1160. The Morgan fingerprint density at radius 2 is 1.86 bits per heavy atom. The van der Waals surface area contributed by atoms with Gasteiger partial charge in [0.1, 0.15) is 5.82 Å². The van der Waals surface area contributed by atoms with Gasteiger partial charge in [0, 0.05) is 42.3 Å². The first kappa shape index (κ1) is 19.6. The zero-order chi connectivity index (χ0) is 20.6. The number of nitrogens with zero attached hydrogens (tertiary/aromatic N) is 2. The van der Waals surface area contributed by atoms with Gasteiger partial charge in [-0.1, -0.05) is 12.1 Å². The minimum absolute atomic E-state index is 0.107. The van der Waals surface area contributed by atoms with Crippen LogP contribution in [0.1, 0.15) is 0 Å². The molecule has 1 aromatic heterocycles. The first-order chi connectivity index (χ1) is 13.9. The largest absolute Gasteiger partial charge is 0.395 e. The molecule has 0 unspecified atom stereocenters. The third kappa shape index (κ3) is 3.64. The summed E-state index contributed by atoms with van der Waals surface area (Å²) in [6.07, 6.45) is 1.76. The van der Waals surface area contributed by atoms with Crippen molar-refractivity contribution in [1.29, 1.82) is 0 Å². The number of aliphatic hydroxyl groups is 1. The number of nitrogens with one attached hydrogen (secondary N) is 1. The predicted molar refractivity (Wildman–Crippen MR) is 106 cm³/mol. The number of rotatable bonds is 5. The second-order valence-corrected chi connectivity index (χ2v) is 8.80. The van der Waals surface area contributed by atoms with Crippen LogP contribution in [0.5, 0.6) is 0 Å². The molecule has 0 bridgehead atoms. The summed E-state index contributed by atoms with van der Waals surface area (Å²) < 4.78 is 40.3. The lowest BCUT2D eigenvalue weighted by atomic mass is 10.1. The number of aliphatic hydroxyl groups excluding tert-OH is 1. The topological polar surface area (TPSA) is 93.7 Å². The number of amides is 1. The molecule has 0 atom stereocenters. The maximum atomic E-state index is 13.4. The highest BCUT2D eigenvalue weighted by molar-refractivity contribution is 7.89. The second-order valence-electron chi connectivity index (χ2n) is 6.86. The average Bonchev–Trinajstić information content (AvgIpc) is 3.12. The number of hydrogen-bond donors (Lipinski definition) is 2. The van der Waals surface area contributed by atoms with Crippen LogP contribution in [-0.2, 0) is 14.8 Å². The molecule has 152 valence electrons. The lowest BCUT2D eigenvalue weighted by molar-refractivity contribution is -0.134. The maximum absolute atomic E-state index is 13.4. The molecule has 1 fully saturated rings. The van der Waals surface area contributed by atoms with Gasteiger partial charge in [-0.3, -0.25) is 4.79 Å². The number of benzene rings is 2. The molecule has 4 rings (SSSR count). The number of carbonyl (C=O) groups is 1. The van der Waals surface area contributed by atoms with E-state index in [4.69, 9.17) is 5.11 Å². The van der Waals surface area contributed by atoms with Crippen LogP contribution in [0.25, 0.3) is 22.0 Å². The Balaban J connectivity index is 1.58. The fourth-order valence-corrected chi connectivity index (χ4v) is 4.92. The van der Waals surface area contributed by atoms with Crippen LogP contribution in [0.2, 0.25) is 0 Å². The summed E-state index contributed by atoms with van der Waals surface area (Å²) in [5, 5.41) is 9.82. The number of carbonyl (C=O) groups excluding carboxylic acids is 1. The Morgan fingerprint density at radius 1 is 1.10 bits per heavy atom. The van der Waals surface area contributed by atoms with E-state index in [1.807, 2.05) is 0 Å². The van der Waals surface area contributed by atoms with Crippen molar-refractivity contribution in [1.82, 2.24) is 14.2 Å². The van der Waals surface area contributed by atoms with Crippen molar-refractivity contribution in [2.75, 3.05) is 32.8 Å². The molecule has 1 aliphatic rings. The van der Waals surface area contributed by atoms with Gasteiger partial charge in [-0.05, 0) is 35.9 Å². The molecule has 29 heavy (non-hydrogen) atoms. The number of hydrogen-bond acceptors (Lipinski definition) is 4. The lowest BCUT2D eigenvalue weighted by Gasteiger charge is -2.33. The van der Waals surface area contributed by atoms with Gasteiger partial charge in [0.15, 0.2) is 0 Å². The van der Waals surface area contributed by atoms with E-state index in [9.17, 15) is 17.6 Å². The molecule has 2 heterocycles. The quantitative estimate of drug-likeness (QED) is 0.662. The van der Waals surface area contributed by atoms with Crippen LogP contribution in [0.3, 0.4) is 0 Å². The Labute approximate surface area is 167 Å². The van der Waals surface area contributed by atoms with Gasteiger partial charge in [0.05, 0.1) is 18.0 Å². The first-order valence-electron chi connectivity index (χ1n) is 9.16. The van der Waals surface area contributed by atoms with E-state index in [-0.39, 0.29) is 49.4 Å². The molecule has 0 saturated carbocycles. The van der Waals surface area contributed by atoms with E-state index in [0.29, 0.717) is 5.52 Å². The van der Waals surface area contributed by atoms with Crippen molar-refractivity contribution >= 4 is 26.8 Å². The van der Waals surface area contributed by atoms with Crippen molar-refractivity contribution in [3.8, 4) is 11.1 Å². The van der Waals surface area contributed by atoms with Gasteiger partial charge in [0.25, 0.3) is 0 Å². The number of sulfonamides is 1. The molecule has 1 saturated heterocycles. The minimum atomic E-state index is -3.80. The van der Waals surface area contributed by atoms with E-state index in [2.05, 4.69) is 4.98 Å². The van der Waals surface area contributed by atoms with Crippen LogP contribution in [0.4, 0.5) is 4.39 Å². The summed E-state index contributed by atoms with van der Waals surface area (Å²) in [5.41, 5.74) is 2.30. The number of aromatic nitrogens is 1. The third-order valence-electron chi connectivity index (χ3n) is 5.10. The van der Waals surface area contributed by atoms with Crippen molar-refractivity contribution in [2.24, 2.45) is 0 Å². The maximum Gasteiger partial charge on any atom is 0.243 e. The molecule has 2 N–H and O–H groups in total. The summed E-state index contributed by atoms with van der Waals surface area (Å²) in [5.74, 6) is -0.655. The van der Waals surface area contributed by atoms with Crippen LogP contribution in [-0.4, -0.2) is 66.4 Å². The molecule has 3 aromatic rings. The second kappa shape index (κ2) is 7.58. The predicted octanol–water partition coefficient (Wildman–Crippen LogP) is 1.80. The Hall–Kier alpha value is -2.75. The number of H-pyrrole nitrogens is 1. The van der Waals surface area contributed by atoms with E-state index in [1.165, 1.54) is 29.2 Å². The van der Waals surface area contributed by atoms with Crippen LogP contribution < -0.4 is 0 Å². The minimum Gasteiger partial charge on any atom is -0.395 e. The highest BCUT2D eigenvalue weighted by Gasteiger charge is 2.32. The first-order valence-corrected chi connectivity index (χ1v) is 10.6. The van der Waals surface area contributed by atoms with Crippen LogP contribution >= 0.6 is 0 Å². The number of aromatic amines is 1. The van der Waals surface area contributed by atoms with Gasteiger partial charge in [0.2, 0.25) is 15.9 Å². The van der Waals surface area contributed by atoms with Crippen molar-refractivity contribution in [2.45, 2.75) is 4.90 Å². The molecule has 1 amide bonds. The zero-order valence-corrected chi connectivity index (χ0v) is 16.3. The number of β-amino-alcohol motifs (C(OH)–C–C–N with tert-alkyl or cyclic N) is 1. The van der Waals surface area contributed by atoms with E-state index in [0.717, 1.165) is 20.8 Å². The smallest absolute Gasteiger partial charge is 0.243 e. The summed E-state index contributed by atoms with van der Waals surface area (Å²) in [6.45, 7) is 0.251. The fourth-order valence-electron chi connectivity index (χ4n) is 3.54. The monoisotopic (exact) mass is 417 g/mol. The van der Waals surface area contributed by atoms with Crippen molar-refractivity contribution in [3.63, 3.8) is 0 Å². The standard InChI is InChI=1S/C20H20FN3O4S/c21-15-3-6-17-18(12-22-19(17)11-15)14-1-4-16(5-2-14)29(27,28)24-8-7-23(9-10-25)20(26)13-24/h1-6,11-12,22,25H,7-10,13H2. The SMILES string of the molecule is O=C1CN(S(=O)(=O)c2ccc(-c3c[nH]c4cc(F)ccc34)cc2)CCN1CCO. The van der Waals surface area contributed by atoms with Gasteiger partial charge < -0.3 is 15.0 Å². The van der Waals surface area contributed by atoms with E-state index in [1.54, 1.807) is 24.4 Å². The fraction of sp³-hybridized carbons (Fsp3) is 0.250. The molecular weight excluding hydrogens is 397 g/mol. The van der Waals surface area contributed by atoms with Gasteiger partial charge in [-0.2, -0.15) is 4.31 Å². The van der Waals surface area contributed by atoms with Crippen LogP contribution in [0.15, 0.2) is 53.6 Å². The summed E-state index contributed by atoms with van der Waals surface area (Å²) in [6, 6.07) is 10.9. The zero-order valence-electron chi connectivity index (χ0n) is 15.5. The number of piperazine rings is 1. The van der Waals surface area contributed by atoms with E-state index >= 15 is 0 Å². The molecule has 7 nitrogen and oxygen atoms in total. The molecule has 2 aromatic carbocycles. The summed E-state index contributed by atoms with van der Waals surface area (Å²) >= 11 is 0. The molecule has 0 spiro atoms. The molecule has 0 radical (unpaired) electrons. The third-order valence-corrected chi connectivity index (χ3v) is 6.96. The highest BCUT2D eigenvalue weighted by Crippen LogP contribution is 2.30. The summed E-state index contributed by atoms with van der Waals surface area (Å²) in [7, 11) is -3.80. The normalized spacial score (nSPS) is 15.9. The molecular formula is C20H20FN3O4S. The van der Waals surface area contributed by atoms with Gasteiger partial charge >= 0.3 is 0 Å². The summed E-state index contributed by atoms with van der Waals surface area (Å²) in [4.78, 5) is 16.7. The lowest BCUT2D eigenvalue weighted by Crippen LogP contribution is -2.52. The number of fused-ring (bicyclic) bond motifs is 1. The Morgan fingerprint density at radius 3 is 2.55 bits per heavy atom. The Kier molecular flexibility index (Phi) is 5.12.